The lowest BCUT2D eigenvalue weighted by molar-refractivity contribution is 0.309. The third-order valence-electron chi connectivity index (χ3n) is 3.66. The van der Waals surface area contributed by atoms with Crippen LogP contribution in [-0.4, -0.2) is 42.3 Å². The molecule has 0 radical (unpaired) electrons. The molecule has 0 amide bonds. The molecule has 1 unspecified atom stereocenters. The Morgan fingerprint density at radius 1 is 1.37 bits per heavy atom. The first-order valence-corrected chi connectivity index (χ1v) is 10.4. The fraction of sp³-hybridized carbons (Fsp3) is 0.286. The van der Waals surface area contributed by atoms with Crippen molar-refractivity contribution in [3.8, 4) is 17.2 Å². The van der Waals surface area contributed by atoms with E-state index in [1.54, 1.807) is 6.92 Å². The summed E-state index contributed by atoms with van der Waals surface area (Å²) in [6.45, 7) is 1.86. The zero-order valence-corrected chi connectivity index (χ0v) is 16.3. The van der Waals surface area contributed by atoms with Crippen LogP contribution < -0.4 is 11.1 Å². The van der Waals surface area contributed by atoms with E-state index in [9.17, 15) is 13.4 Å². The average Bonchev–Trinajstić information content (AvgIpc) is 3.23. The van der Waals surface area contributed by atoms with Crippen molar-refractivity contribution in [1.29, 1.82) is 4.78 Å². The molecule has 2 heterocycles. The van der Waals surface area contributed by atoms with Crippen LogP contribution in [0.1, 0.15) is 6.92 Å². The van der Waals surface area contributed by atoms with Crippen molar-refractivity contribution in [2.45, 2.75) is 6.92 Å². The first-order valence-electron chi connectivity index (χ1n) is 7.67. The van der Waals surface area contributed by atoms with Crippen molar-refractivity contribution in [2.24, 2.45) is 0 Å². The van der Waals surface area contributed by atoms with Crippen LogP contribution in [0.25, 0.3) is 17.2 Å². The Kier molecular flexibility index (Phi) is 5.41. The zero-order valence-electron chi connectivity index (χ0n) is 13.9. The molecular formula is C14H14BrFN6O4S. The molecule has 0 fully saturated rings. The molecule has 0 aliphatic carbocycles. The summed E-state index contributed by atoms with van der Waals surface area (Å²) in [6, 6.07) is 3.94. The van der Waals surface area contributed by atoms with Gasteiger partial charge in [-0.15, -0.1) is 0 Å². The summed E-state index contributed by atoms with van der Waals surface area (Å²) < 4.78 is 43.6. The van der Waals surface area contributed by atoms with E-state index in [4.69, 9.17) is 13.9 Å². The maximum atomic E-state index is 13.5. The van der Waals surface area contributed by atoms with Gasteiger partial charge in [-0.3, -0.25) is 9.30 Å². The fourth-order valence-electron chi connectivity index (χ4n) is 2.18. The summed E-state index contributed by atoms with van der Waals surface area (Å²) in [5, 5.41) is 14.0. The van der Waals surface area contributed by atoms with Gasteiger partial charge in [-0.2, -0.15) is 0 Å². The highest BCUT2D eigenvalue weighted by molar-refractivity contribution is 9.10. The number of halogens is 2. The third-order valence-corrected chi connectivity index (χ3v) is 6.06. The molecule has 0 aliphatic heterocycles. The van der Waals surface area contributed by atoms with Crippen molar-refractivity contribution >= 4 is 31.5 Å². The second kappa shape index (κ2) is 7.60. The minimum absolute atomic E-state index is 0.00985. The highest BCUT2D eigenvalue weighted by Crippen LogP contribution is 2.26. The van der Waals surface area contributed by atoms with Crippen LogP contribution in [0.2, 0.25) is 0 Å². The number of nitrogens with one attached hydrogen (secondary N) is 2. The van der Waals surface area contributed by atoms with Gasteiger partial charge in [0.25, 0.3) is 0 Å². The number of anilines is 1. The van der Waals surface area contributed by atoms with Crippen LogP contribution in [0.5, 0.6) is 0 Å². The Balaban J connectivity index is 1.94. The molecule has 1 atom stereocenters. The van der Waals surface area contributed by atoms with E-state index in [-0.39, 0.29) is 39.9 Å². The Bertz CT molecular complexity index is 1120. The van der Waals surface area contributed by atoms with Gasteiger partial charge in [0.05, 0.1) is 10.2 Å². The van der Waals surface area contributed by atoms with Gasteiger partial charge in [-0.05, 0) is 44.4 Å². The van der Waals surface area contributed by atoms with Crippen molar-refractivity contribution in [2.75, 3.05) is 23.4 Å². The lowest BCUT2D eigenvalue weighted by Gasteiger charge is -2.07. The fourth-order valence-corrected chi connectivity index (χ4v) is 3.27. The van der Waals surface area contributed by atoms with E-state index in [1.807, 2.05) is 0 Å². The standard InChI is InChI=1S/C14H14BrFN6O4S/c1-2-27(17,24)6-5-18-12-11(19-26-20-12)13-21-25-14(23)22(13)8-3-4-10(16)9(15)7-8/h3-4,7,17H,2,5-6H2,1H3,(H,18,20). The number of nitrogens with zero attached hydrogens (tertiary/aromatic N) is 4. The molecular weight excluding hydrogens is 447 g/mol. The van der Waals surface area contributed by atoms with Crippen LogP contribution in [0.3, 0.4) is 0 Å². The van der Waals surface area contributed by atoms with Crippen molar-refractivity contribution in [3.05, 3.63) is 39.0 Å². The maximum absolute atomic E-state index is 13.5. The highest BCUT2D eigenvalue weighted by Gasteiger charge is 2.23. The lowest BCUT2D eigenvalue weighted by atomic mass is 10.3. The largest absolute Gasteiger partial charge is 0.446 e. The average molecular weight is 461 g/mol. The maximum Gasteiger partial charge on any atom is 0.446 e. The van der Waals surface area contributed by atoms with E-state index >= 15 is 0 Å². The van der Waals surface area contributed by atoms with Gasteiger partial charge in [0.15, 0.2) is 5.69 Å². The second-order valence-corrected chi connectivity index (χ2v) is 8.86. The van der Waals surface area contributed by atoms with Crippen molar-refractivity contribution in [1.82, 2.24) is 20.0 Å². The minimum Gasteiger partial charge on any atom is -0.364 e. The Morgan fingerprint density at radius 2 is 2.15 bits per heavy atom. The van der Waals surface area contributed by atoms with E-state index in [2.05, 4.69) is 36.7 Å². The number of hydrogen-bond acceptors (Lipinski definition) is 9. The Morgan fingerprint density at radius 3 is 2.85 bits per heavy atom. The summed E-state index contributed by atoms with van der Waals surface area (Å²) in [5.74, 6) is -0.829. The van der Waals surface area contributed by atoms with Gasteiger partial charge >= 0.3 is 5.76 Å². The molecule has 0 saturated carbocycles. The zero-order chi connectivity index (χ0) is 19.6. The van der Waals surface area contributed by atoms with Crippen LogP contribution in [0, 0.1) is 10.6 Å². The van der Waals surface area contributed by atoms with Crippen molar-refractivity contribution in [3.63, 3.8) is 0 Å². The first kappa shape index (κ1) is 19.2. The lowest BCUT2D eigenvalue weighted by Crippen LogP contribution is -2.17. The topological polar surface area (TPSA) is 140 Å². The Labute approximate surface area is 160 Å². The van der Waals surface area contributed by atoms with E-state index in [1.165, 1.54) is 18.2 Å². The van der Waals surface area contributed by atoms with E-state index < -0.39 is 21.3 Å². The van der Waals surface area contributed by atoms with Gasteiger partial charge in [0.2, 0.25) is 11.6 Å². The summed E-state index contributed by atoms with van der Waals surface area (Å²) >= 11 is 3.06. The molecule has 27 heavy (non-hydrogen) atoms. The molecule has 3 rings (SSSR count). The summed E-state index contributed by atoms with van der Waals surface area (Å²) in [4.78, 5) is 12.1. The molecule has 2 N–H and O–H groups in total. The number of rotatable bonds is 7. The summed E-state index contributed by atoms with van der Waals surface area (Å²) in [5.41, 5.74) is 0.368. The molecule has 3 aromatic rings. The Hall–Kier alpha value is -2.54. The van der Waals surface area contributed by atoms with Gasteiger partial charge in [-0.1, -0.05) is 12.1 Å². The molecule has 0 aliphatic rings. The van der Waals surface area contributed by atoms with Gasteiger partial charge in [0.1, 0.15) is 5.82 Å². The van der Waals surface area contributed by atoms with Crippen LogP contribution >= 0.6 is 15.9 Å². The van der Waals surface area contributed by atoms with Crippen LogP contribution in [-0.2, 0) is 9.73 Å². The first-order chi connectivity index (χ1) is 12.8. The van der Waals surface area contributed by atoms with Gasteiger partial charge in [-0.25, -0.2) is 22.6 Å². The smallest absolute Gasteiger partial charge is 0.364 e. The molecule has 0 bridgehead atoms. The van der Waals surface area contributed by atoms with E-state index in [0.717, 1.165) is 4.57 Å². The molecule has 10 nitrogen and oxygen atoms in total. The molecule has 144 valence electrons. The highest BCUT2D eigenvalue weighted by atomic mass is 79.9. The quantitative estimate of drug-likeness (QED) is 0.546. The molecule has 13 heteroatoms. The van der Waals surface area contributed by atoms with Gasteiger partial charge < -0.3 is 5.32 Å². The molecule has 0 spiro atoms. The molecule has 2 aromatic heterocycles. The minimum atomic E-state index is -2.68. The second-order valence-electron chi connectivity index (χ2n) is 5.40. The predicted octanol–water partition coefficient (Wildman–Crippen LogP) is 2.26. The number of aromatic nitrogens is 4. The molecule has 1 aromatic carbocycles. The van der Waals surface area contributed by atoms with E-state index in [0.29, 0.717) is 5.69 Å². The number of benzene rings is 1. The third kappa shape index (κ3) is 4.08. The molecule has 0 saturated heterocycles. The normalized spacial score (nSPS) is 13.4. The van der Waals surface area contributed by atoms with Gasteiger partial charge in [0, 0.05) is 27.8 Å². The monoisotopic (exact) mass is 460 g/mol. The van der Waals surface area contributed by atoms with Crippen LogP contribution in [0.15, 0.2) is 36.6 Å². The predicted molar refractivity (Wildman–Crippen MR) is 97.8 cm³/mol. The summed E-state index contributed by atoms with van der Waals surface area (Å²) in [6.07, 6.45) is 0. The van der Waals surface area contributed by atoms with Crippen molar-refractivity contribution < 1.29 is 17.8 Å². The summed E-state index contributed by atoms with van der Waals surface area (Å²) in [7, 11) is -2.68. The van der Waals surface area contributed by atoms with Crippen LogP contribution in [0.4, 0.5) is 10.2 Å². The number of hydrogen-bond donors (Lipinski definition) is 2. The SMILES string of the molecule is CCS(=N)(=O)CCNc1nonc1-c1noc(=O)n1-c1ccc(F)c(Br)c1.